The summed E-state index contributed by atoms with van der Waals surface area (Å²) in [7, 11) is -3.42. The van der Waals surface area contributed by atoms with E-state index in [2.05, 4.69) is 34.5 Å². The molecule has 0 saturated heterocycles. The molecule has 1 aliphatic rings. The summed E-state index contributed by atoms with van der Waals surface area (Å²) in [4.78, 5) is 0.315. The van der Waals surface area contributed by atoms with Gasteiger partial charge in [-0.25, -0.2) is 13.1 Å². The molecule has 1 N–H and O–H groups in total. The zero-order valence-electron chi connectivity index (χ0n) is 10.6. The molecular formula is C13H18BrNO2S. The first-order valence-electron chi connectivity index (χ1n) is 6.07. The van der Waals surface area contributed by atoms with E-state index in [1.54, 1.807) is 18.2 Å². The van der Waals surface area contributed by atoms with Crippen LogP contribution in [0.3, 0.4) is 0 Å². The molecule has 1 unspecified atom stereocenters. The molecule has 5 heteroatoms. The molecule has 0 bridgehead atoms. The summed E-state index contributed by atoms with van der Waals surface area (Å²) in [6, 6.07) is 6.96. The molecule has 18 heavy (non-hydrogen) atoms. The maximum absolute atomic E-state index is 12.3. The van der Waals surface area contributed by atoms with Crippen molar-refractivity contribution in [3.05, 3.63) is 28.7 Å². The summed E-state index contributed by atoms with van der Waals surface area (Å²) in [5, 5.41) is 0. The second-order valence-corrected chi connectivity index (χ2v) is 8.19. The lowest BCUT2D eigenvalue weighted by Crippen LogP contribution is -2.33. The fraction of sp³-hybridized carbons (Fsp3) is 0.538. The average Bonchev–Trinajstić information content (AvgIpc) is 2.57. The minimum Gasteiger partial charge on any atom is -0.208 e. The highest BCUT2D eigenvalue weighted by Gasteiger charge is 2.33. The second kappa shape index (κ2) is 4.94. The Morgan fingerprint density at radius 3 is 2.56 bits per heavy atom. The van der Waals surface area contributed by atoms with Crippen molar-refractivity contribution in [2.24, 2.45) is 5.41 Å². The molecule has 0 spiro atoms. The Balaban J connectivity index is 2.17. The fourth-order valence-electron chi connectivity index (χ4n) is 2.48. The van der Waals surface area contributed by atoms with Crippen molar-refractivity contribution in [2.75, 3.05) is 0 Å². The van der Waals surface area contributed by atoms with Gasteiger partial charge in [0.2, 0.25) is 10.0 Å². The first-order valence-corrected chi connectivity index (χ1v) is 8.35. The molecule has 3 nitrogen and oxygen atoms in total. The van der Waals surface area contributed by atoms with Gasteiger partial charge in [0.05, 0.1) is 4.90 Å². The van der Waals surface area contributed by atoms with Crippen LogP contribution in [-0.4, -0.2) is 14.5 Å². The molecule has 0 radical (unpaired) electrons. The largest absolute Gasteiger partial charge is 0.241 e. The normalized spacial score (nSPS) is 23.2. The molecule has 2 rings (SSSR count). The molecule has 1 saturated carbocycles. The number of sulfonamides is 1. The fourth-order valence-corrected chi connectivity index (χ4v) is 4.76. The number of hydrogen-bond acceptors (Lipinski definition) is 2. The number of halogens is 1. The van der Waals surface area contributed by atoms with Crippen LogP contribution in [0, 0.1) is 5.41 Å². The van der Waals surface area contributed by atoms with E-state index in [1.807, 2.05) is 6.07 Å². The van der Waals surface area contributed by atoms with E-state index in [1.165, 1.54) is 0 Å². The van der Waals surface area contributed by atoms with Gasteiger partial charge in [-0.1, -0.05) is 26.0 Å². The third-order valence-electron chi connectivity index (χ3n) is 3.42. The van der Waals surface area contributed by atoms with Gasteiger partial charge in [-0.15, -0.1) is 0 Å². The van der Waals surface area contributed by atoms with Gasteiger partial charge in [-0.05, 0) is 52.7 Å². The molecule has 0 amide bonds. The lowest BCUT2D eigenvalue weighted by molar-refractivity contribution is 0.372. The molecule has 1 aliphatic carbocycles. The van der Waals surface area contributed by atoms with Gasteiger partial charge in [0.25, 0.3) is 0 Å². The molecule has 100 valence electrons. The molecule has 1 fully saturated rings. The van der Waals surface area contributed by atoms with Crippen LogP contribution in [0.2, 0.25) is 0 Å². The highest BCUT2D eigenvalue weighted by molar-refractivity contribution is 9.10. The lowest BCUT2D eigenvalue weighted by atomic mass is 9.92. The third kappa shape index (κ3) is 3.13. The molecule has 0 aliphatic heterocycles. The van der Waals surface area contributed by atoms with Gasteiger partial charge < -0.3 is 0 Å². The number of benzene rings is 1. The van der Waals surface area contributed by atoms with Gasteiger partial charge >= 0.3 is 0 Å². The number of hydrogen-bond donors (Lipinski definition) is 1. The molecule has 0 heterocycles. The number of rotatable bonds is 3. The first-order chi connectivity index (χ1) is 8.30. The summed E-state index contributed by atoms with van der Waals surface area (Å²) in [5.74, 6) is 0. The van der Waals surface area contributed by atoms with Crippen LogP contribution < -0.4 is 4.72 Å². The monoisotopic (exact) mass is 331 g/mol. The minimum absolute atomic E-state index is 0.0529. The Hall–Kier alpha value is -0.390. The van der Waals surface area contributed by atoms with E-state index >= 15 is 0 Å². The Kier molecular flexibility index (Phi) is 3.85. The summed E-state index contributed by atoms with van der Waals surface area (Å²) in [5.41, 5.74) is 0.237. The highest BCUT2D eigenvalue weighted by Crippen LogP contribution is 2.37. The van der Waals surface area contributed by atoms with Crippen molar-refractivity contribution >= 4 is 26.0 Å². The van der Waals surface area contributed by atoms with Crippen molar-refractivity contribution in [3.8, 4) is 0 Å². The van der Waals surface area contributed by atoms with Gasteiger partial charge in [0.1, 0.15) is 0 Å². The van der Waals surface area contributed by atoms with Crippen LogP contribution in [-0.2, 0) is 10.0 Å². The van der Waals surface area contributed by atoms with Crippen molar-refractivity contribution in [2.45, 2.75) is 44.0 Å². The summed E-state index contributed by atoms with van der Waals surface area (Å²) in [6.45, 7) is 4.36. The van der Waals surface area contributed by atoms with Crippen LogP contribution in [0.15, 0.2) is 33.6 Å². The van der Waals surface area contributed by atoms with E-state index in [0.29, 0.717) is 9.37 Å². The summed E-state index contributed by atoms with van der Waals surface area (Å²) in [6.07, 6.45) is 2.88. The van der Waals surface area contributed by atoms with Crippen LogP contribution in [0.4, 0.5) is 0 Å². The average molecular weight is 332 g/mol. The predicted octanol–water partition coefficient (Wildman–Crippen LogP) is 3.31. The Morgan fingerprint density at radius 1 is 1.33 bits per heavy atom. The van der Waals surface area contributed by atoms with E-state index in [9.17, 15) is 8.42 Å². The van der Waals surface area contributed by atoms with Gasteiger partial charge in [0, 0.05) is 10.5 Å². The van der Waals surface area contributed by atoms with Crippen LogP contribution in [0.1, 0.15) is 33.1 Å². The lowest BCUT2D eigenvalue weighted by Gasteiger charge is -2.18. The van der Waals surface area contributed by atoms with Crippen molar-refractivity contribution in [3.63, 3.8) is 0 Å². The summed E-state index contributed by atoms with van der Waals surface area (Å²) < 4.78 is 28.0. The van der Waals surface area contributed by atoms with Crippen molar-refractivity contribution < 1.29 is 8.42 Å². The van der Waals surface area contributed by atoms with Gasteiger partial charge in [0.15, 0.2) is 0 Å². The maximum Gasteiger partial charge on any atom is 0.241 e. The summed E-state index contributed by atoms with van der Waals surface area (Å²) >= 11 is 3.28. The van der Waals surface area contributed by atoms with Crippen LogP contribution in [0.25, 0.3) is 0 Å². The number of nitrogens with one attached hydrogen (secondary N) is 1. The quantitative estimate of drug-likeness (QED) is 0.923. The molecular weight excluding hydrogens is 314 g/mol. The van der Waals surface area contributed by atoms with Crippen molar-refractivity contribution in [1.82, 2.24) is 4.72 Å². The van der Waals surface area contributed by atoms with E-state index in [0.717, 1.165) is 19.3 Å². The van der Waals surface area contributed by atoms with Gasteiger partial charge in [-0.3, -0.25) is 0 Å². The zero-order chi connectivity index (χ0) is 13.4. The van der Waals surface area contributed by atoms with E-state index < -0.39 is 10.0 Å². The molecule has 0 aromatic heterocycles. The zero-order valence-corrected chi connectivity index (χ0v) is 13.0. The predicted molar refractivity (Wildman–Crippen MR) is 75.9 cm³/mol. The highest BCUT2D eigenvalue weighted by atomic mass is 79.9. The topological polar surface area (TPSA) is 46.2 Å². The second-order valence-electron chi connectivity index (χ2n) is 5.66. The SMILES string of the molecule is CC1(C)CCC(NS(=O)(=O)c2ccccc2Br)C1. The Bertz CT molecular complexity index is 540. The standard InChI is InChI=1S/C13H18BrNO2S/c1-13(2)8-7-10(9-13)15-18(16,17)12-6-4-3-5-11(12)14/h3-6,10,15H,7-9H2,1-2H3. The Labute approximate surface area is 117 Å². The van der Waals surface area contributed by atoms with Crippen molar-refractivity contribution in [1.29, 1.82) is 0 Å². The molecule has 1 aromatic rings. The van der Waals surface area contributed by atoms with Crippen LogP contribution >= 0.6 is 15.9 Å². The van der Waals surface area contributed by atoms with E-state index in [-0.39, 0.29) is 11.5 Å². The molecule has 1 aromatic carbocycles. The third-order valence-corrected chi connectivity index (χ3v) is 5.95. The van der Waals surface area contributed by atoms with Gasteiger partial charge in [-0.2, -0.15) is 0 Å². The van der Waals surface area contributed by atoms with E-state index in [4.69, 9.17) is 0 Å². The molecule has 1 atom stereocenters. The minimum atomic E-state index is -3.42. The first kappa shape index (κ1) is 14.0. The smallest absolute Gasteiger partial charge is 0.208 e. The maximum atomic E-state index is 12.3. The van der Waals surface area contributed by atoms with Crippen LogP contribution in [0.5, 0.6) is 0 Å². The Morgan fingerprint density at radius 2 is 2.00 bits per heavy atom.